The molecule has 202 valence electrons. The van der Waals surface area contributed by atoms with Crippen molar-refractivity contribution in [2.75, 3.05) is 0 Å². The summed E-state index contributed by atoms with van der Waals surface area (Å²) in [5.74, 6) is 0. The molecule has 0 bridgehead atoms. The summed E-state index contributed by atoms with van der Waals surface area (Å²) in [6.45, 7) is 8.48. The largest absolute Gasteiger partial charge is 0.268 e. The maximum absolute atomic E-state index is 14.5. The Hall–Kier alpha value is -4.24. The Morgan fingerprint density at radius 3 is 1.61 bits per heavy atom. The highest BCUT2D eigenvalue weighted by Crippen LogP contribution is 2.51. The lowest BCUT2D eigenvalue weighted by atomic mass is 9.90. The van der Waals surface area contributed by atoms with Gasteiger partial charge in [-0.05, 0) is 134 Å². The van der Waals surface area contributed by atoms with Crippen LogP contribution in [0.4, 0.5) is 0 Å². The van der Waals surface area contributed by atoms with E-state index in [0.717, 1.165) is 71.2 Å². The second-order valence-corrected chi connectivity index (χ2v) is 12.1. The molecule has 8 rings (SSSR count). The average Bonchev–Trinajstić information content (AvgIpc) is 3.47. The lowest BCUT2D eigenvalue weighted by Gasteiger charge is -2.12. The van der Waals surface area contributed by atoms with Crippen molar-refractivity contribution in [3.05, 3.63) is 97.6 Å². The minimum atomic E-state index is -0.195. The van der Waals surface area contributed by atoms with Crippen molar-refractivity contribution in [3.8, 4) is 5.69 Å². The molecule has 0 unspecified atom stereocenters. The summed E-state index contributed by atoms with van der Waals surface area (Å²) in [4.78, 5) is 29.0. The van der Waals surface area contributed by atoms with Crippen molar-refractivity contribution < 1.29 is 0 Å². The molecule has 0 amide bonds. The van der Waals surface area contributed by atoms with Crippen LogP contribution in [0.3, 0.4) is 0 Å². The summed E-state index contributed by atoms with van der Waals surface area (Å²) < 4.78 is 1.45. The quantitative estimate of drug-likeness (QED) is 0.191. The molecular formula is C38H33NO2. The molecule has 41 heavy (non-hydrogen) atoms. The first kappa shape index (κ1) is 24.5. The fourth-order valence-corrected chi connectivity index (χ4v) is 7.68. The first-order chi connectivity index (χ1) is 20.0. The van der Waals surface area contributed by atoms with Crippen molar-refractivity contribution in [3.63, 3.8) is 0 Å². The zero-order valence-electron chi connectivity index (χ0n) is 24.2. The number of fused-ring (bicyclic) bond motifs is 3. The van der Waals surface area contributed by atoms with Gasteiger partial charge < -0.3 is 0 Å². The monoisotopic (exact) mass is 535 g/mol. The molecule has 3 heteroatoms. The van der Waals surface area contributed by atoms with Gasteiger partial charge in [-0.25, -0.2) is 4.57 Å². The molecule has 0 saturated carbocycles. The van der Waals surface area contributed by atoms with Gasteiger partial charge in [0.2, 0.25) is 0 Å². The van der Waals surface area contributed by atoms with Crippen LogP contribution in [-0.2, 0) is 12.8 Å². The average molecular weight is 536 g/mol. The van der Waals surface area contributed by atoms with Crippen molar-refractivity contribution in [1.29, 1.82) is 0 Å². The number of aryl methyl sites for hydroxylation is 3. The normalized spacial score (nSPS) is 12.7. The zero-order chi connectivity index (χ0) is 28.2. The molecule has 3 nitrogen and oxygen atoms in total. The van der Waals surface area contributed by atoms with Gasteiger partial charge in [-0.2, -0.15) is 0 Å². The molecule has 0 spiro atoms. The van der Waals surface area contributed by atoms with Gasteiger partial charge >= 0.3 is 0 Å². The lowest BCUT2D eigenvalue weighted by Crippen LogP contribution is -2.24. The van der Waals surface area contributed by atoms with E-state index in [2.05, 4.69) is 50.2 Å². The van der Waals surface area contributed by atoms with Gasteiger partial charge in [-0.1, -0.05) is 63.1 Å². The van der Waals surface area contributed by atoms with Crippen molar-refractivity contribution >= 4 is 64.6 Å². The second-order valence-electron chi connectivity index (χ2n) is 12.1. The summed E-state index contributed by atoms with van der Waals surface area (Å²) in [5.41, 5.74) is 4.90. The maximum atomic E-state index is 14.5. The number of hydrogen-bond donors (Lipinski definition) is 0. The van der Waals surface area contributed by atoms with Crippen LogP contribution in [0.2, 0.25) is 0 Å². The Morgan fingerprint density at radius 1 is 0.585 bits per heavy atom. The molecule has 0 aliphatic rings. The predicted molar refractivity (Wildman–Crippen MR) is 175 cm³/mol. The van der Waals surface area contributed by atoms with Crippen LogP contribution in [0.1, 0.15) is 61.8 Å². The highest BCUT2D eigenvalue weighted by molar-refractivity contribution is 6.48. The Kier molecular flexibility index (Phi) is 5.17. The van der Waals surface area contributed by atoms with Gasteiger partial charge in [0.25, 0.3) is 11.1 Å². The third kappa shape index (κ3) is 3.04. The predicted octanol–water partition coefficient (Wildman–Crippen LogP) is 9.17. The highest BCUT2D eigenvalue weighted by atomic mass is 16.2. The van der Waals surface area contributed by atoms with Crippen molar-refractivity contribution in [1.82, 2.24) is 4.57 Å². The van der Waals surface area contributed by atoms with Crippen LogP contribution in [0.15, 0.2) is 64.2 Å². The minimum absolute atomic E-state index is 0.195. The third-order valence-electron chi connectivity index (χ3n) is 9.84. The van der Waals surface area contributed by atoms with Crippen LogP contribution < -0.4 is 11.1 Å². The number of unbranched alkanes of at least 4 members (excludes halogenated alkanes) is 2. The van der Waals surface area contributed by atoms with E-state index in [9.17, 15) is 9.59 Å². The molecule has 0 atom stereocenters. The van der Waals surface area contributed by atoms with Gasteiger partial charge in [0, 0.05) is 0 Å². The van der Waals surface area contributed by atoms with Crippen LogP contribution in [0.5, 0.6) is 0 Å². The smallest absolute Gasteiger partial charge is 0.266 e. The zero-order valence-corrected chi connectivity index (χ0v) is 24.2. The summed E-state index contributed by atoms with van der Waals surface area (Å²) in [7, 11) is 0. The molecule has 0 aliphatic carbocycles. The highest BCUT2D eigenvalue weighted by Gasteiger charge is 2.29. The molecule has 1 heterocycles. The topological polar surface area (TPSA) is 39.1 Å². The number of aromatic nitrogens is 1. The van der Waals surface area contributed by atoms with E-state index in [1.54, 1.807) is 0 Å². The summed E-state index contributed by atoms with van der Waals surface area (Å²) in [5, 5.41) is 13.1. The molecule has 0 saturated heterocycles. The van der Waals surface area contributed by atoms with Crippen molar-refractivity contribution in [2.45, 2.75) is 66.2 Å². The van der Waals surface area contributed by atoms with E-state index in [1.807, 2.05) is 32.0 Å². The molecule has 7 aromatic carbocycles. The third-order valence-corrected chi connectivity index (χ3v) is 9.84. The summed E-state index contributed by atoms with van der Waals surface area (Å²) in [6.07, 6.45) is 6.29. The Bertz CT molecular complexity index is 2260. The van der Waals surface area contributed by atoms with Crippen LogP contribution in [0.25, 0.3) is 70.3 Å². The van der Waals surface area contributed by atoms with Gasteiger partial charge in [0.05, 0.1) is 16.5 Å². The molecule has 0 radical (unpaired) electrons. The van der Waals surface area contributed by atoms with E-state index in [1.165, 1.54) is 48.0 Å². The molecular weight excluding hydrogens is 502 g/mol. The van der Waals surface area contributed by atoms with E-state index in [0.29, 0.717) is 16.5 Å². The summed E-state index contributed by atoms with van der Waals surface area (Å²) >= 11 is 0. The van der Waals surface area contributed by atoms with Crippen LogP contribution in [0, 0.1) is 13.8 Å². The fraction of sp³-hybridized carbons (Fsp3) is 0.263. The molecule has 0 fully saturated rings. The maximum Gasteiger partial charge on any atom is 0.266 e. The fourth-order valence-electron chi connectivity index (χ4n) is 7.68. The number of rotatable bonds is 7. The van der Waals surface area contributed by atoms with Gasteiger partial charge in [0.1, 0.15) is 0 Å². The summed E-state index contributed by atoms with van der Waals surface area (Å²) in [6, 6.07) is 19.5. The Balaban J connectivity index is 1.67. The molecule has 0 N–H and O–H groups in total. The van der Waals surface area contributed by atoms with E-state index >= 15 is 0 Å². The molecule has 0 aliphatic heterocycles. The first-order valence-corrected chi connectivity index (χ1v) is 15.2. The molecule has 8 aromatic rings. The van der Waals surface area contributed by atoms with Gasteiger partial charge in [0.15, 0.2) is 0 Å². The number of hydrogen-bond acceptors (Lipinski definition) is 2. The number of nitrogens with zero attached hydrogens (tertiary/aromatic N) is 1. The van der Waals surface area contributed by atoms with Crippen LogP contribution >= 0.6 is 0 Å². The van der Waals surface area contributed by atoms with E-state index < -0.39 is 0 Å². The van der Waals surface area contributed by atoms with Gasteiger partial charge in [-0.3, -0.25) is 9.59 Å². The van der Waals surface area contributed by atoms with E-state index in [-0.39, 0.29) is 11.1 Å². The van der Waals surface area contributed by atoms with E-state index in [4.69, 9.17) is 0 Å². The molecule has 1 aromatic heterocycles. The lowest BCUT2D eigenvalue weighted by molar-refractivity contribution is 0.799. The van der Waals surface area contributed by atoms with Crippen LogP contribution in [-0.4, -0.2) is 4.57 Å². The second kappa shape index (κ2) is 8.63. The Morgan fingerprint density at radius 2 is 1.10 bits per heavy atom. The minimum Gasteiger partial charge on any atom is -0.268 e. The number of benzene rings is 6. The first-order valence-electron chi connectivity index (χ1n) is 15.2. The standard InChI is InChI=1S/C38H33NO2/c1-5-7-11-23-18-27-33-31-25(23)16-14-22-15-17-26-24(12-8-6-2)19-28(34(33)32(26)30(22)31)36-35(27)37(40)39(38(36)41)29-13-9-10-20(3)21(29)4/h9-10,13-19H,5-8,11-12H2,1-4H3. The van der Waals surface area contributed by atoms with Crippen molar-refractivity contribution in [2.24, 2.45) is 0 Å². The SMILES string of the molecule is CCCCc1cc2c3c(=O)n(-c4cccc(C)c4C)c(=O)c3c3cc(CCCC)c4ccc5ccc1c1c5c4c3c21. The Labute approximate surface area is 238 Å². The van der Waals surface area contributed by atoms with Gasteiger partial charge in [-0.15, -0.1) is 0 Å².